The van der Waals surface area contributed by atoms with Gasteiger partial charge in [0.15, 0.2) is 11.6 Å². The van der Waals surface area contributed by atoms with Crippen molar-refractivity contribution >= 4 is 34.2 Å². The molecule has 0 aliphatic heterocycles. The minimum Gasteiger partial charge on any atom is -0.490 e. The normalized spacial score (nSPS) is 10.9. The number of rotatable bonds is 6. The van der Waals surface area contributed by atoms with Crippen molar-refractivity contribution < 1.29 is 9.53 Å². The van der Waals surface area contributed by atoms with E-state index in [9.17, 15) is 4.79 Å². The van der Waals surface area contributed by atoms with E-state index < -0.39 is 0 Å². The molecule has 0 saturated carbocycles. The third kappa shape index (κ3) is 3.40. The number of hydrogen-bond acceptors (Lipinski definition) is 3. The number of nitrogens with one attached hydrogen (secondary N) is 1. The summed E-state index contributed by atoms with van der Waals surface area (Å²) < 4.78 is 7.67. The van der Waals surface area contributed by atoms with Gasteiger partial charge in [-0.1, -0.05) is 18.5 Å². The third-order valence-electron chi connectivity index (χ3n) is 4.27. The number of nitrogens with zero attached hydrogens (tertiary/aromatic N) is 2. The van der Waals surface area contributed by atoms with E-state index in [0.29, 0.717) is 35.4 Å². The average molecular weight is 372 g/mol. The van der Waals surface area contributed by atoms with Gasteiger partial charge in [-0.05, 0) is 56.2 Å². The van der Waals surface area contributed by atoms with Crippen LogP contribution < -0.4 is 10.1 Å². The zero-order chi connectivity index (χ0) is 18.7. The summed E-state index contributed by atoms with van der Waals surface area (Å²) in [5.41, 5.74) is 2.49. The number of carbonyl (C=O) groups excluding carboxylic acids is 1. The quantitative estimate of drug-likeness (QED) is 0.658. The molecule has 6 heteroatoms. The molecule has 0 unspecified atom stereocenters. The minimum atomic E-state index is -0.211. The van der Waals surface area contributed by atoms with Crippen LogP contribution in [0.1, 0.15) is 36.3 Å². The first-order chi connectivity index (χ1) is 12.6. The highest BCUT2D eigenvalue weighted by Crippen LogP contribution is 2.29. The summed E-state index contributed by atoms with van der Waals surface area (Å²) in [6.45, 7) is 7.23. The highest BCUT2D eigenvalue weighted by molar-refractivity contribution is 6.31. The zero-order valence-electron chi connectivity index (χ0n) is 15.2. The number of carbonyl (C=O) groups is 1. The first-order valence-corrected chi connectivity index (χ1v) is 9.12. The molecule has 3 rings (SSSR count). The Morgan fingerprint density at radius 1 is 1.31 bits per heavy atom. The number of benzene rings is 1. The van der Waals surface area contributed by atoms with Gasteiger partial charge in [-0.2, -0.15) is 0 Å². The lowest BCUT2D eigenvalue weighted by atomic mass is 10.1. The Balaban J connectivity index is 2.00. The number of anilines is 1. The summed E-state index contributed by atoms with van der Waals surface area (Å²) in [5, 5.41) is 4.53. The Morgan fingerprint density at radius 3 is 2.85 bits per heavy atom. The van der Waals surface area contributed by atoms with E-state index in [2.05, 4.69) is 10.3 Å². The molecule has 0 fully saturated rings. The van der Waals surface area contributed by atoms with E-state index in [0.717, 1.165) is 22.9 Å². The summed E-state index contributed by atoms with van der Waals surface area (Å²) in [4.78, 5) is 17.3. The Labute approximate surface area is 157 Å². The fraction of sp³-hybridized carbons (Fsp3) is 0.300. The van der Waals surface area contributed by atoms with Crippen LogP contribution in [0, 0.1) is 6.92 Å². The fourth-order valence-corrected chi connectivity index (χ4v) is 3.27. The molecule has 0 aliphatic carbocycles. The number of hydrogen-bond donors (Lipinski definition) is 1. The van der Waals surface area contributed by atoms with E-state index in [1.165, 1.54) is 0 Å². The summed E-state index contributed by atoms with van der Waals surface area (Å²) in [7, 11) is 0. The zero-order valence-corrected chi connectivity index (χ0v) is 15.9. The van der Waals surface area contributed by atoms with Crippen molar-refractivity contribution in [2.45, 2.75) is 33.7 Å². The third-order valence-corrected chi connectivity index (χ3v) is 4.51. The van der Waals surface area contributed by atoms with Crippen LogP contribution in [0.25, 0.3) is 10.9 Å². The molecule has 136 valence electrons. The van der Waals surface area contributed by atoms with Crippen LogP contribution in [0.5, 0.6) is 5.75 Å². The minimum absolute atomic E-state index is 0.211. The largest absolute Gasteiger partial charge is 0.490 e. The summed E-state index contributed by atoms with van der Waals surface area (Å²) in [6.07, 6.45) is 2.52. The molecular formula is C20H22ClN3O2. The molecule has 0 bridgehead atoms. The van der Waals surface area contributed by atoms with Crippen molar-refractivity contribution in [3.63, 3.8) is 0 Å². The van der Waals surface area contributed by atoms with Gasteiger partial charge in [-0.3, -0.25) is 4.79 Å². The standard InChI is InChI=1S/C20H22ClN3O2/c1-4-11-26-17-7-6-10-22-19(17)23-20(25)18-13(3)15-12-14(21)8-9-16(15)24(18)5-2/h6-10,12H,4-5,11H2,1-3H3,(H,22,23,25). The Bertz CT molecular complexity index is 950. The van der Waals surface area contributed by atoms with Gasteiger partial charge in [-0.25, -0.2) is 4.98 Å². The van der Waals surface area contributed by atoms with Crippen LogP contribution in [0.4, 0.5) is 5.82 Å². The molecule has 0 saturated heterocycles. The SMILES string of the molecule is CCCOc1cccnc1NC(=O)c1c(C)c2cc(Cl)ccc2n1CC. The molecule has 1 amide bonds. The van der Waals surface area contributed by atoms with Gasteiger partial charge in [0, 0.05) is 28.7 Å². The van der Waals surface area contributed by atoms with Gasteiger partial charge in [0.25, 0.3) is 5.91 Å². The smallest absolute Gasteiger partial charge is 0.273 e. The topological polar surface area (TPSA) is 56.1 Å². The average Bonchev–Trinajstić information content (AvgIpc) is 2.92. The second-order valence-corrected chi connectivity index (χ2v) is 6.47. The molecule has 2 aromatic heterocycles. The van der Waals surface area contributed by atoms with E-state index in [1.807, 2.05) is 43.5 Å². The van der Waals surface area contributed by atoms with Crippen LogP contribution in [-0.2, 0) is 6.54 Å². The molecule has 0 radical (unpaired) electrons. The Kier molecular flexibility index (Phi) is 5.47. The van der Waals surface area contributed by atoms with Gasteiger partial charge in [-0.15, -0.1) is 0 Å². The predicted octanol–water partition coefficient (Wildman–Crippen LogP) is 5.06. The molecule has 0 aliphatic rings. The second kappa shape index (κ2) is 7.79. The molecule has 1 N–H and O–H groups in total. The van der Waals surface area contributed by atoms with Crippen LogP contribution in [0.3, 0.4) is 0 Å². The number of ether oxygens (including phenoxy) is 1. The number of pyridine rings is 1. The molecule has 0 spiro atoms. The number of amides is 1. The predicted molar refractivity (Wildman–Crippen MR) is 105 cm³/mol. The summed E-state index contributed by atoms with van der Waals surface area (Å²) >= 11 is 6.14. The van der Waals surface area contributed by atoms with Crippen molar-refractivity contribution in [3.8, 4) is 5.75 Å². The highest BCUT2D eigenvalue weighted by atomic mass is 35.5. The number of halogens is 1. The van der Waals surface area contributed by atoms with E-state index in [1.54, 1.807) is 18.3 Å². The monoisotopic (exact) mass is 371 g/mol. The lowest BCUT2D eigenvalue weighted by molar-refractivity contribution is 0.101. The van der Waals surface area contributed by atoms with Crippen LogP contribution >= 0.6 is 11.6 Å². The molecule has 3 aromatic rings. The van der Waals surface area contributed by atoms with Gasteiger partial charge in [0.2, 0.25) is 0 Å². The Hall–Kier alpha value is -2.53. The van der Waals surface area contributed by atoms with E-state index in [4.69, 9.17) is 16.3 Å². The lowest BCUT2D eigenvalue weighted by Gasteiger charge is -2.12. The van der Waals surface area contributed by atoms with Crippen molar-refractivity contribution in [1.82, 2.24) is 9.55 Å². The molecule has 2 heterocycles. The van der Waals surface area contributed by atoms with Crippen LogP contribution in [0.2, 0.25) is 5.02 Å². The first kappa shape index (κ1) is 18.3. The second-order valence-electron chi connectivity index (χ2n) is 6.03. The number of aryl methyl sites for hydroxylation is 2. The maximum atomic E-state index is 13.0. The van der Waals surface area contributed by atoms with Crippen molar-refractivity contribution in [1.29, 1.82) is 0 Å². The molecule has 1 aromatic carbocycles. The van der Waals surface area contributed by atoms with Crippen molar-refractivity contribution in [2.24, 2.45) is 0 Å². The summed E-state index contributed by atoms with van der Waals surface area (Å²) in [6, 6.07) is 9.27. The first-order valence-electron chi connectivity index (χ1n) is 8.74. The van der Waals surface area contributed by atoms with Gasteiger partial charge < -0.3 is 14.6 Å². The van der Waals surface area contributed by atoms with E-state index in [-0.39, 0.29) is 5.91 Å². The van der Waals surface area contributed by atoms with Crippen molar-refractivity contribution in [2.75, 3.05) is 11.9 Å². The number of fused-ring (bicyclic) bond motifs is 1. The summed E-state index contributed by atoms with van der Waals surface area (Å²) in [5.74, 6) is 0.788. The maximum absolute atomic E-state index is 13.0. The van der Waals surface area contributed by atoms with Gasteiger partial charge in [0.1, 0.15) is 5.69 Å². The van der Waals surface area contributed by atoms with Crippen molar-refractivity contribution in [3.05, 3.63) is 52.8 Å². The Morgan fingerprint density at radius 2 is 2.12 bits per heavy atom. The van der Waals surface area contributed by atoms with E-state index >= 15 is 0 Å². The lowest BCUT2D eigenvalue weighted by Crippen LogP contribution is -2.19. The number of aromatic nitrogens is 2. The maximum Gasteiger partial charge on any atom is 0.273 e. The molecular weight excluding hydrogens is 350 g/mol. The van der Waals surface area contributed by atoms with Gasteiger partial charge >= 0.3 is 0 Å². The molecule has 26 heavy (non-hydrogen) atoms. The highest BCUT2D eigenvalue weighted by Gasteiger charge is 2.21. The molecule has 0 atom stereocenters. The molecule has 5 nitrogen and oxygen atoms in total. The van der Waals surface area contributed by atoms with Gasteiger partial charge in [0.05, 0.1) is 6.61 Å². The van der Waals surface area contributed by atoms with Crippen LogP contribution in [0.15, 0.2) is 36.5 Å². The fourth-order valence-electron chi connectivity index (χ4n) is 3.10. The van der Waals surface area contributed by atoms with Crippen LogP contribution in [-0.4, -0.2) is 22.1 Å².